The monoisotopic (exact) mass is 236 g/mol. The zero-order chi connectivity index (χ0) is 12.8. The smallest absolute Gasteiger partial charge is 0.285 e. The molecule has 6 heteroatoms. The van der Waals surface area contributed by atoms with Crippen LogP contribution in [0.4, 0.5) is 10.1 Å². The number of nitrogens with one attached hydrogen (secondary N) is 1. The molecule has 0 fully saturated rings. The molecule has 1 N–H and O–H groups in total. The van der Waals surface area contributed by atoms with E-state index in [1.807, 2.05) is 0 Å². The van der Waals surface area contributed by atoms with Crippen molar-refractivity contribution in [3.8, 4) is 11.8 Å². The van der Waals surface area contributed by atoms with Crippen LogP contribution in [0, 0.1) is 27.8 Å². The second-order valence-electron chi connectivity index (χ2n) is 3.13. The first kappa shape index (κ1) is 12.6. The molecule has 0 aromatic heterocycles. The molecule has 0 unspecified atom stereocenters. The van der Waals surface area contributed by atoms with Crippen molar-refractivity contribution in [2.75, 3.05) is 6.54 Å². The number of hydrogen-bond acceptors (Lipinski definition) is 3. The van der Waals surface area contributed by atoms with Gasteiger partial charge in [0.1, 0.15) is 11.4 Å². The molecule has 0 heterocycles. The van der Waals surface area contributed by atoms with Gasteiger partial charge in [-0.3, -0.25) is 14.9 Å². The number of rotatable bonds is 2. The molecule has 1 aromatic carbocycles. The molecule has 1 amide bonds. The molecule has 0 spiro atoms. The lowest BCUT2D eigenvalue weighted by atomic mass is 10.2. The van der Waals surface area contributed by atoms with Crippen LogP contribution >= 0.6 is 0 Å². The Hall–Kier alpha value is -2.42. The maximum atomic E-state index is 12.9. The summed E-state index contributed by atoms with van der Waals surface area (Å²) >= 11 is 0. The molecular weight excluding hydrogens is 227 g/mol. The van der Waals surface area contributed by atoms with E-state index in [0.717, 1.165) is 18.2 Å². The van der Waals surface area contributed by atoms with Gasteiger partial charge in [0, 0.05) is 13.0 Å². The highest BCUT2D eigenvalue weighted by atomic mass is 19.1. The van der Waals surface area contributed by atoms with E-state index in [1.165, 1.54) is 6.92 Å². The largest absolute Gasteiger partial charge is 0.345 e. The van der Waals surface area contributed by atoms with Crippen LogP contribution in [0.15, 0.2) is 18.2 Å². The van der Waals surface area contributed by atoms with Crippen molar-refractivity contribution in [3.63, 3.8) is 0 Å². The SMILES string of the molecule is CC(=O)NCC#Cc1cc(F)ccc1[N+](=O)[O-]. The maximum absolute atomic E-state index is 12.9. The van der Waals surface area contributed by atoms with Gasteiger partial charge in [0.25, 0.3) is 5.69 Å². The van der Waals surface area contributed by atoms with E-state index in [4.69, 9.17) is 0 Å². The topological polar surface area (TPSA) is 72.2 Å². The molecule has 0 aliphatic carbocycles. The zero-order valence-electron chi connectivity index (χ0n) is 8.99. The number of nitrogens with zero attached hydrogens (tertiary/aromatic N) is 1. The van der Waals surface area contributed by atoms with Crippen molar-refractivity contribution in [2.24, 2.45) is 0 Å². The molecule has 0 atom stereocenters. The third-order valence-electron chi connectivity index (χ3n) is 1.80. The maximum Gasteiger partial charge on any atom is 0.285 e. The molecular formula is C11H9FN2O3. The number of nitro benzene ring substituents is 1. The van der Waals surface area contributed by atoms with Crippen LogP contribution < -0.4 is 5.32 Å². The summed E-state index contributed by atoms with van der Waals surface area (Å²) in [5.74, 6) is 4.09. The van der Waals surface area contributed by atoms with Gasteiger partial charge in [0.2, 0.25) is 5.91 Å². The van der Waals surface area contributed by atoms with E-state index in [9.17, 15) is 19.3 Å². The average Bonchev–Trinajstić information content (AvgIpc) is 2.23. The molecule has 0 saturated carbocycles. The number of hydrogen-bond donors (Lipinski definition) is 1. The highest BCUT2D eigenvalue weighted by Gasteiger charge is 2.12. The Labute approximate surface area is 96.8 Å². The first-order chi connectivity index (χ1) is 8.00. The molecule has 0 bridgehead atoms. The predicted octanol–water partition coefficient (Wildman–Crippen LogP) is 1.22. The van der Waals surface area contributed by atoms with E-state index in [2.05, 4.69) is 17.2 Å². The van der Waals surface area contributed by atoms with Crippen LogP contribution in [0.1, 0.15) is 12.5 Å². The highest BCUT2D eigenvalue weighted by molar-refractivity contribution is 5.73. The molecule has 1 rings (SSSR count). The number of carbonyl (C=O) groups excluding carboxylic acids is 1. The lowest BCUT2D eigenvalue weighted by Crippen LogP contribution is -2.19. The number of amides is 1. The Morgan fingerprint density at radius 3 is 2.88 bits per heavy atom. The third kappa shape index (κ3) is 3.91. The van der Waals surface area contributed by atoms with Gasteiger partial charge in [-0.2, -0.15) is 0 Å². The number of carbonyl (C=O) groups is 1. The van der Waals surface area contributed by atoms with Gasteiger partial charge in [0.15, 0.2) is 0 Å². The summed E-state index contributed by atoms with van der Waals surface area (Å²) < 4.78 is 12.9. The van der Waals surface area contributed by atoms with Gasteiger partial charge in [-0.15, -0.1) is 0 Å². The summed E-state index contributed by atoms with van der Waals surface area (Å²) in [7, 11) is 0. The lowest BCUT2D eigenvalue weighted by molar-refractivity contribution is -0.385. The average molecular weight is 236 g/mol. The van der Waals surface area contributed by atoms with Crippen LogP contribution in [0.3, 0.4) is 0 Å². The summed E-state index contributed by atoms with van der Waals surface area (Å²) in [5, 5.41) is 13.0. The van der Waals surface area contributed by atoms with Crippen molar-refractivity contribution in [2.45, 2.75) is 6.92 Å². The van der Waals surface area contributed by atoms with Crippen LogP contribution in [0.25, 0.3) is 0 Å². The number of halogens is 1. The fourth-order valence-corrected chi connectivity index (χ4v) is 1.08. The Balaban J connectivity index is 2.92. The van der Waals surface area contributed by atoms with Crippen molar-refractivity contribution in [1.29, 1.82) is 0 Å². The minimum atomic E-state index is -0.637. The normalized spacial score (nSPS) is 9.06. The number of nitro groups is 1. The Bertz CT molecular complexity index is 517. The Morgan fingerprint density at radius 2 is 2.29 bits per heavy atom. The first-order valence-corrected chi connectivity index (χ1v) is 4.68. The molecule has 88 valence electrons. The minimum absolute atomic E-state index is 0.0136. The predicted molar refractivity (Wildman–Crippen MR) is 58.6 cm³/mol. The van der Waals surface area contributed by atoms with Crippen molar-refractivity contribution < 1.29 is 14.1 Å². The van der Waals surface area contributed by atoms with Crippen LogP contribution in [-0.4, -0.2) is 17.4 Å². The van der Waals surface area contributed by atoms with Gasteiger partial charge in [0.05, 0.1) is 11.5 Å². The second kappa shape index (κ2) is 5.61. The first-order valence-electron chi connectivity index (χ1n) is 4.68. The summed E-state index contributed by atoms with van der Waals surface area (Å²) in [4.78, 5) is 20.5. The molecule has 17 heavy (non-hydrogen) atoms. The highest BCUT2D eigenvalue weighted by Crippen LogP contribution is 2.17. The van der Waals surface area contributed by atoms with Crippen LogP contribution in [-0.2, 0) is 4.79 Å². The standard InChI is InChI=1S/C11H9FN2O3/c1-8(15)13-6-2-3-9-7-10(12)4-5-11(9)14(16)17/h4-5,7H,6H2,1H3,(H,13,15). The summed E-state index contributed by atoms with van der Waals surface area (Å²) in [6, 6.07) is 3.04. The van der Waals surface area contributed by atoms with E-state index >= 15 is 0 Å². The fourth-order valence-electron chi connectivity index (χ4n) is 1.08. The van der Waals surface area contributed by atoms with Gasteiger partial charge in [-0.05, 0) is 12.1 Å². The molecule has 1 aromatic rings. The molecule has 0 saturated heterocycles. The van der Waals surface area contributed by atoms with Crippen LogP contribution in [0.5, 0.6) is 0 Å². The van der Waals surface area contributed by atoms with Crippen molar-refractivity contribution in [1.82, 2.24) is 5.32 Å². The summed E-state index contributed by atoms with van der Waals surface area (Å²) in [5.41, 5.74) is -0.276. The second-order valence-corrected chi connectivity index (χ2v) is 3.13. The molecule has 0 radical (unpaired) electrons. The van der Waals surface area contributed by atoms with Gasteiger partial charge in [-0.1, -0.05) is 11.8 Å². The number of benzene rings is 1. The Morgan fingerprint density at radius 1 is 1.59 bits per heavy atom. The summed E-state index contributed by atoms with van der Waals surface area (Å²) in [6.45, 7) is 1.38. The minimum Gasteiger partial charge on any atom is -0.345 e. The third-order valence-corrected chi connectivity index (χ3v) is 1.80. The van der Waals surface area contributed by atoms with Gasteiger partial charge in [-0.25, -0.2) is 4.39 Å². The van der Waals surface area contributed by atoms with E-state index < -0.39 is 10.7 Å². The van der Waals surface area contributed by atoms with Gasteiger partial charge >= 0.3 is 0 Å². The zero-order valence-corrected chi connectivity index (χ0v) is 8.99. The molecule has 0 aliphatic rings. The van der Waals surface area contributed by atoms with Crippen molar-refractivity contribution in [3.05, 3.63) is 39.7 Å². The molecule has 0 aliphatic heterocycles. The van der Waals surface area contributed by atoms with E-state index in [0.29, 0.717) is 0 Å². The fraction of sp³-hybridized carbons (Fsp3) is 0.182. The van der Waals surface area contributed by atoms with Crippen LogP contribution in [0.2, 0.25) is 0 Å². The van der Waals surface area contributed by atoms with Crippen molar-refractivity contribution >= 4 is 11.6 Å². The summed E-state index contributed by atoms with van der Waals surface area (Å²) in [6.07, 6.45) is 0. The van der Waals surface area contributed by atoms with Gasteiger partial charge < -0.3 is 5.32 Å². The van der Waals surface area contributed by atoms with E-state index in [1.54, 1.807) is 0 Å². The Kier molecular flexibility index (Phi) is 4.17. The van der Waals surface area contributed by atoms with E-state index in [-0.39, 0.29) is 23.7 Å². The lowest BCUT2D eigenvalue weighted by Gasteiger charge is -1.95. The quantitative estimate of drug-likeness (QED) is 0.476. The molecule has 5 nitrogen and oxygen atoms in total.